The number of benzene rings is 1. The van der Waals surface area contributed by atoms with Gasteiger partial charge in [0, 0.05) is 43.2 Å². The zero-order valence-corrected chi connectivity index (χ0v) is 14.5. The van der Waals surface area contributed by atoms with Crippen LogP contribution in [0.1, 0.15) is 29.8 Å². The van der Waals surface area contributed by atoms with Crippen molar-refractivity contribution in [1.29, 1.82) is 0 Å². The first kappa shape index (κ1) is 17.0. The van der Waals surface area contributed by atoms with Gasteiger partial charge < -0.3 is 15.0 Å². The summed E-state index contributed by atoms with van der Waals surface area (Å²) in [4.78, 5) is 24.4. The highest BCUT2D eigenvalue weighted by atomic mass is 16.5. The van der Waals surface area contributed by atoms with Crippen LogP contribution in [0.2, 0.25) is 0 Å². The number of rotatable bonds is 4. The Kier molecular flexibility index (Phi) is 4.46. The Hall–Kier alpha value is -2.86. The molecule has 25 heavy (non-hydrogen) atoms. The third-order valence-electron chi connectivity index (χ3n) is 4.47. The van der Waals surface area contributed by atoms with Gasteiger partial charge in [-0.3, -0.25) is 9.36 Å². The van der Waals surface area contributed by atoms with Crippen LogP contribution in [0, 0.1) is 0 Å². The fourth-order valence-corrected chi connectivity index (χ4v) is 3.37. The molecular weight excluding hydrogens is 318 g/mol. The lowest BCUT2D eigenvalue weighted by atomic mass is 9.97. The summed E-state index contributed by atoms with van der Waals surface area (Å²) in [6, 6.07) is 9.16. The van der Waals surface area contributed by atoms with Crippen LogP contribution in [-0.4, -0.2) is 22.3 Å². The Bertz CT molecular complexity index is 987. The number of hydrogen-bond donors (Lipinski definition) is 1. The maximum atomic E-state index is 12.6. The SMILES string of the molecule is CCc1c2c(C(OC)c3ccccc3)cn(C)c(=O)c2cn1C(N)=O. The second-order valence-corrected chi connectivity index (χ2v) is 5.95. The number of hydrogen-bond acceptors (Lipinski definition) is 3. The van der Waals surface area contributed by atoms with Crippen LogP contribution >= 0.6 is 0 Å². The molecule has 0 aliphatic heterocycles. The van der Waals surface area contributed by atoms with E-state index in [-0.39, 0.29) is 11.7 Å². The number of pyridine rings is 1. The van der Waals surface area contributed by atoms with Gasteiger partial charge in [-0.05, 0) is 12.0 Å². The van der Waals surface area contributed by atoms with Crippen LogP contribution in [0.3, 0.4) is 0 Å². The minimum Gasteiger partial charge on any atom is -0.372 e. The van der Waals surface area contributed by atoms with E-state index < -0.39 is 6.03 Å². The fourth-order valence-electron chi connectivity index (χ4n) is 3.37. The number of ether oxygens (including phenoxy) is 1. The van der Waals surface area contributed by atoms with Gasteiger partial charge in [-0.25, -0.2) is 4.79 Å². The van der Waals surface area contributed by atoms with Crippen molar-refractivity contribution in [3.05, 3.63) is 69.9 Å². The topological polar surface area (TPSA) is 79.2 Å². The predicted octanol–water partition coefficient (Wildman–Crippen LogP) is 2.56. The van der Waals surface area contributed by atoms with E-state index in [0.717, 1.165) is 16.5 Å². The fraction of sp³-hybridized carbons (Fsp3) is 0.263. The van der Waals surface area contributed by atoms with Crippen molar-refractivity contribution in [3.8, 4) is 0 Å². The van der Waals surface area contributed by atoms with Gasteiger partial charge in [0.2, 0.25) is 0 Å². The molecule has 0 bridgehead atoms. The van der Waals surface area contributed by atoms with E-state index in [1.807, 2.05) is 37.3 Å². The number of amides is 1. The Labute approximate surface area is 145 Å². The molecule has 1 unspecified atom stereocenters. The molecule has 2 aromatic heterocycles. The number of carbonyl (C=O) groups is 1. The number of nitrogens with zero attached hydrogens (tertiary/aromatic N) is 2. The van der Waals surface area contributed by atoms with Crippen LogP contribution in [0.4, 0.5) is 4.79 Å². The summed E-state index contributed by atoms with van der Waals surface area (Å²) in [6.07, 6.45) is 3.51. The highest BCUT2D eigenvalue weighted by Gasteiger charge is 2.23. The summed E-state index contributed by atoms with van der Waals surface area (Å²) in [5, 5.41) is 1.20. The maximum absolute atomic E-state index is 12.6. The molecule has 2 heterocycles. The van der Waals surface area contributed by atoms with Crippen molar-refractivity contribution < 1.29 is 9.53 Å². The van der Waals surface area contributed by atoms with Gasteiger partial charge in [0.05, 0.1) is 5.39 Å². The first-order chi connectivity index (χ1) is 12.0. The van der Waals surface area contributed by atoms with E-state index in [0.29, 0.717) is 17.5 Å². The van der Waals surface area contributed by atoms with Crippen LogP contribution in [0.25, 0.3) is 10.8 Å². The van der Waals surface area contributed by atoms with E-state index >= 15 is 0 Å². The minimum absolute atomic E-state index is 0.170. The zero-order valence-electron chi connectivity index (χ0n) is 14.5. The number of primary amides is 1. The minimum atomic E-state index is -0.602. The van der Waals surface area contributed by atoms with E-state index in [1.165, 1.54) is 15.3 Å². The van der Waals surface area contributed by atoms with Crippen molar-refractivity contribution >= 4 is 16.8 Å². The summed E-state index contributed by atoms with van der Waals surface area (Å²) in [5.74, 6) is 0. The molecular formula is C19H21N3O3. The van der Waals surface area contributed by atoms with Gasteiger partial charge in [-0.2, -0.15) is 0 Å². The molecule has 2 N–H and O–H groups in total. The summed E-state index contributed by atoms with van der Waals surface area (Å²) in [6.45, 7) is 1.93. The quantitative estimate of drug-likeness (QED) is 0.793. The predicted molar refractivity (Wildman–Crippen MR) is 96.8 cm³/mol. The van der Waals surface area contributed by atoms with Crippen molar-refractivity contribution in [3.63, 3.8) is 0 Å². The largest absolute Gasteiger partial charge is 0.372 e. The van der Waals surface area contributed by atoms with Gasteiger partial charge in [0.25, 0.3) is 5.56 Å². The van der Waals surface area contributed by atoms with Crippen LogP contribution in [0.15, 0.2) is 47.5 Å². The Morgan fingerprint density at radius 1 is 1.24 bits per heavy atom. The monoisotopic (exact) mass is 339 g/mol. The Morgan fingerprint density at radius 3 is 2.48 bits per heavy atom. The van der Waals surface area contributed by atoms with Gasteiger partial charge in [-0.1, -0.05) is 37.3 Å². The molecule has 0 radical (unpaired) electrons. The lowest BCUT2D eigenvalue weighted by molar-refractivity contribution is 0.137. The molecule has 0 saturated heterocycles. The Balaban J connectivity index is 2.40. The maximum Gasteiger partial charge on any atom is 0.323 e. The molecule has 6 nitrogen and oxygen atoms in total. The van der Waals surface area contributed by atoms with Crippen molar-refractivity contribution in [1.82, 2.24) is 9.13 Å². The summed E-state index contributed by atoms with van der Waals surface area (Å²) < 4.78 is 8.62. The average Bonchev–Trinajstić information content (AvgIpc) is 3.01. The van der Waals surface area contributed by atoms with Crippen molar-refractivity contribution in [2.75, 3.05) is 7.11 Å². The van der Waals surface area contributed by atoms with E-state index in [9.17, 15) is 9.59 Å². The zero-order chi connectivity index (χ0) is 18.1. The van der Waals surface area contributed by atoms with Crippen LogP contribution in [0.5, 0.6) is 0 Å². The van der Waals surface area contributed by atoms with E-state index in [4.69, 9.17) is 10.5 Å². The van der Waals surface area contributed by atoms with Crippen molar-refractivity contribution in [2.24, 2.45) is 12.8 Å². The highest BCUT2D eigenvalue weighted by molar-refractivity contribution is 5.93. The third kappa shape index (κ3) is 2.74. The van der Waals surface area contributed by atoms with Crippen LogP contribution in [-0.2, 0) is 18.2 Å². The second kappa shape index (κ2) is 6.57. The number of nitrogens with two attached hydrogens (primary N) is 1. The van der Waals surface area contributed by atoms with E-state index in [1.54, 1.807) is 20.4 Å². The number of methoxy groups -OCH3 is 1. The summed E-state index contributed by atoms with van der Waals surface area (Å²) in [5.41, 5.74) is 7.85. The van der Waals surface area contributed by atoms with Gasteiger partial charge in [-0.15, -0.1) is 0 Å². The molecule has 1 aromatic carbocycles. The summed E-state index contributed by atoms with van der Waals surface area (Å²) >= 11 is 0. The molecule has 3 rings (SSSR count). The molecule has 0 fully saturated rings. The van der Waals surface area contributed by atoms with Crippen LogP contribution < -0.4 is 11.3 Å². The molecule has 6 heteroatoms. The molecule has 0 aliphatic rings. The van der Waals surface area contributed by atoms with Crippen molar-refractivity contribution in [2.45, 2.75) is 19.4 Å². The lowest BCUT2D eigenvalue weighted by Gasteiger charge is -2.19. The molecule has 0 spiro atoms. The first-order valence-electron chi connectivity index (χ1n) is 8.10. The number of aryl methyl sites for hydroxylation is 2. The van der Waals surface area contributed by atoms with Gasteiger partial charge in [0.15, 0.2) is 0 Å². The van der Waals surface area contributed by atoms with Gasteiger partial charge >= 0.3 is 6.03 Å². The third-order valence-corrected chi connectivity index (χ3v) is 4.47. The lowest BCUT2D eigenvalue weighted by Crippen LogP contribution is -2.20. The average molecular weight is 339 g/mol. The molecule has 1 amide bonds. The number of carbonyl (C=O) groups excluding carboxylic acids is 1. The standard InChI is InChI=1S/C19H21N3O3/c1-4-15-16-13(17(25-3)12-8-6-5-7-9-12)10-21(2)18(23)14(16)11-22(15)19(20)24/h5-11,17H,4H2,1-3H3,(H2,20,24). The molecule has 3 aromatic rings. The molecule has 1 atom stereocenters. The summed E-state index contributed by atoms with van der Waals surface area (Å²) in [7, 11) is 3.32. The number of aromatic nitrogens is 2. The number of fused-ring (bicyclic) bond motifs is 1. The molecule has 0 saturated carbocycles. The van der Waals surface area contributed by atoms with Gasteiger partial charge in [0.1, 0.15) is 6.10 Å². The smallest absolute Gasteiger partial charge is 0.323 e. The highest BCUT2D eigenvalue weighted by Crippen LogP contribution is 2.33. The normalized spacial score (nSPS) is 12.4. The molecule has 0 aliphatic carbocycles. The first-order valence-corrected chi connectivity index (χ1v) is 8.10. The molecule has 130 valence electrons. The second-order valence-electron chi connectivity index (χ2n) is 5.95. The van der Waals surface area contributed by atoms with E-state index in [2.05, 4.69) is 0 Å². The Morgan fingerprint density at radius 2 is 1.92 bits per heavy atom.